The van der Waals surface area contributed by atoms with Gasteiger partial charge in [-0.05, 0) is 37.3 Å². The highest BCUT2D eigenvalue weighted by molar-refractivity contribution is 5.60. The van der Waals surface area contributed by atoms with Gasteiger partial charge in [0.05, 0.1) is 14.2 Å². The standard InChI is InChI=1S/C14H21NO2/c1-10-7-13(16-2)14(17-3)8-12(10)15-9-11-5-4-6-11/h7-8,11,15H,4-6,9H2,1-3H3. The first kappa shape index (κ1) is 12.1. The number of ether oxygens (including phenoxy) is 2. The Morgan fingerprint density at radius 2 is 1.82 bits per heavy atom. The van der Waals surface area contributed by atoms with Crippen molar-refractivity contribution in [1.82, 2.24) is 0 Å². The van der Waals surface area contributed by atoms with Crippen LogP contribution >= 0.6 is 0 Å². The van der Waals surface area contributed by atoms with Crippen LogP contribution in [0.4, 0.5) is 5.69 Å². The Morgan fingerprint density at radius 1 is 1.18 bits per heavy atom. The van der Waals surface area contributed by atoms with E-state index in [1.165, 1.54) is 24.8 Å². The predicted molar refractivity (Wildman–Crippen MR) is 70.1 cm³/mol. The molecule has 0 heterocycles. The Kier molecular flexibility index (Phi) is 3.77. The summed E-state index contributed by atoms with van der Waals surface area (Å²) in [5, 5.41) is 3.51. The molecule has 17 heavy (non-hydrogen) atoms. The molecule has 3 heteroatoms. The van der Waals surface area contributed by atoms with Gasteiger partial charge in [0.25, 0.3) is 0 Å². The van der Waals surface area contributed by atoms with Gasteiger partial charge in [-0.3, -0.25) is 0 Å². The van der Waals surface area contributed by atoms with Crippen LogP contribution in [0.25, 0.3) is 0 Å². The number of aryl methyl sites for hydroxylation is 1. The van der Waals surface area contributed by atoms with Crippen molar-refractivity contribution in [2.24, 2.45) is 5.92 Å². The van der Waals surface area contributed by atoms with Gasteiger partial charge in [0.1, 0.15) is 0 Å². The van der Waals surface area contributed by atoms with E-state index in [0.29, 0.717) is 0 Å². The lowest BCUT2D eigenvalue weighted by Crippen LogP contribution is -2.21. The minimum Gasteiger partial charge on any atom is -0.493 e. The zero-order chi connectivity index (χ0) is 12.3. The van der Waals surface area contributed by atoms with Crippen LogP contribution in [0.15, 0.2) is 12.1 Å². The summed E-state index contributed by atoms with van der Waals surface area (Å²) in [5.74, 6) is 2.43. The SMILES string of the molecule is COc1cc(C)c(NCC2CCC2)cc1OC. The molecule has 2 rings (SSSR count). The van der Waals surface area contributed by atoms with Crippen molar-refractivity contribution in [1.29, 1.82) is 0 Å². The van der Waals surface area contributed by atoms with E-state index in [2.05, 4.69) is 12.2 Å². The topological polar surface area (TPSA) is 30.5 Å². The van der Waals surface area contributed by atoms with Crippen molar-refractivity contribution in [2.75, 3.05) is 26.1 Å². The molecule has 0 aliphatic heterocycles. The second kappa shape index (κ2) is 5.30. The smallest absolute Gasteiger partial charge is 0.162 e. The van der Waals surface area contributed by atoms with Crippen LogP contribution in [-0.2, 0) is 0 Å². The molecule has 1 saturated carbocycles. The summed E-state index contributed by atoms with van der Waals surface area (Å²) < 4.78 is 10.6. The lowest BCUT2D eigenvalue weighted by atomic mass is 9.85. The molecule has 1 aromatic carbocycles. The van der Waals surface area contributed by atoms with Crippen molar-refractivity contribution in [3.8, 4) is 11.5 Å². The van der Waals surface area contributed by atoms with E-state index in [4.69, 9.17) is 9.47 Å². The monoisotopic (exact) mass is 235 g/mol. The van der Waals surface area contributed by atoms with E-state index < -0.39 is 0 Å². The summed E-state index contributed by atoms with van der Waals surface area (Å²) in [6, 6.07) is 4.04. The molecular weight excluding hydrogens is 214 g/mol. The molecule has 0 spiro atoms. The Morgan fingerprint density at radius 3 is 2.35 bits per heavy atom. The van der Waals surface area contributed by atoms with Crippen LogP contribution in [0.1, 0.15) is 24.8 Å². The normalized spacial score (nSPS) is 15.2. The lowest BCUT2D eigenvalue weighted by molar-refractivity contribution is 0.333. The highest BCUT2D eigenvalue weighted by Gasteiger charge is 2.17. The molecule has 0 atom stereocenters. The second-order valence-corrected chi connectivity index (χ2v) is 4.70. The van der Waals surface area contributed by atoms with E-state index >= 15 is 0 Å². The summed E-state index contributed by atoms with van der Waals surface area (Å²) >= 11 is 0. The quantitative estimate of drug-likeness (QED) is 0.850. The molecule has 0 aromatic heterocycles. The molecule has 0 saturated heterocycles. The van der Waals surface area contributed by atoms with Crippen LogP contribution < -0.4 is 14.8 Å². The molecule has 1 aliphatic rings. The van der Waals surface area contributed by atoms with Gasteiger partial charge < -0.3 is 14.8 Å². The number of anilines is 1. The third kappa shape index (κ3) is 2.65. The summed E-state index contributed by atoms with van der Waals surface area (Å²) in [7, 11) is 3.33. The Labute approximate surface area is 103 Å². The molecule has 1 fully saturated rings. The van der Waals surface area contributed by atoms with E-state index in [1.54, 1.807) is 14.2 Å². The van der Waals surface area contributed by atoms with Gasteiger partial charge in [0.15, 0.2) is 11.5 Å². The number of benzene rings is 1. The third-order valence-corrected chi connectivity index (χ3v) is 3.54. The minimum atomic E-state index is 0.786. The summed E-state index contributed by atoms with van der Waals surface area (Å²) in [4.78, 5) is 0. The number of hydrogen-bond donors (Lipinski definition) is 1. The van der Waals surface area contributed by atoms with Crippen molar-refractivity contribution < 1.29 is 9.47 Å². The van der Waals surface area contributed by atoms with Gasteiger partial charge in [-0.2, -0.15) is 0 Å². The number of nitrogens with one attached hydrogen (secondary N) is 1. The minimum absolute atomic E-state index is 0.786. The van der Waals surface area contributed by atoms with Crippen LogP contribution in [0, 0.1) is 12.8 Å². The Bertz CT molecular complexity index is 386. The van der Waals surface area contributed by atoms with Crippen LogP contribution in [0.5, 0.6) is 11.5 Å². The molecule has 1 N–H and O–H groups in total. The number of hydrogen-bond acceptors (Lipinski definition) is 3. The van der Waals surface area contributed by atoms with E-state index in [1.807, 2.05) is 12.1 Å². The average molecular weight is 235 g/mol. The largest absolute Gasteiger partial charge is 0.493 e. The second-order valence-electron chi connectivity index (χ2n) is 4.70. The van der Waals surface area contributed by atoms with Gasteiger partial charge in [0.2, 0.25) is 0 Å². The number of methoxy groups -OCH3 is 2. The lowest BCUT2D eigenvalue weighted by Gasteiger charge is -2.26. The summed E-state index contributed by atoms with van der Waals surface area (Å²) in [6.45, 7) is 3.15. The zero-order valence-corrected chi connectivity index (χ0v) is 10.9. The molecule has 0 unspecified atom stereocenters. The Hall–Kier alpha value is -1.38. The average Bonchev–Trinajstić information content (AvgIpc) is 2.28. The van der Waals surface area contributed by atoms with E-state index in [9.17, 15) is 0 Å². The van der Waals surface area contributed by atoms with Gasteiger partial charge in [0, 0.05) is 18.3 Å². The fourth-order valence-corrected chi connectivity index (χ4v) is 2.12. The van der Waals surface area contributed by atoms with E-state index in [0.717, 1.165) is 29.6 Å². The molecule has 1 aliphatic carbocycles. The highest BCUT2D eigenvalue weighted by atomic mass is 16.5. The fraction of sp³-hybridized carbons (Fsp3) is 0.571. The summed E-state index contributed by atoms with van der Waals surface area (Å²) in [5.41, 5.74) is 2.34. The highest BCUT2D eigenvalue weighted by Crippen LogP contribution is 2.34. The van der Waals surface area contributed by atoms with Gasteiger partial charge >= 0.3 is 0 Å². The molecule has 3 nitrogen and oxygen atoms in total. The first-order valence-electron chi connectivity index (χ1n) is 6.21. The predicted octanol–water partition coefficient (Wildman–Crippen LogP) is 3.22. The summed E-state index contributed by atoms with van der Waals surface area (Å²) in [6.07, 6.45) is 4.11. The van der Waals surface area contributed by atoms with Crippen molar-refractivity contribution in [2.45, 2.75) is 26.2 Å². The van der Waals surface area contributed by atoms with Crippen LogP contribution in [-0.4, -0.2) is 20.8 Å². The maximum atomic E-state index is 5.31. The molecular formula is C14H21NO2. The molecule has 1 aromatic rings. The molecule has 94 valence electrons. The maximum absolute atomic E-state index is 5.31. The maximum Gasteiger partial charge on any atom is 0.162 e. The Balaban J connectivity index is 2.09. The molecule has 0 radical (unpaired) electrons. The van der Waals surface area contributed by atoms with Gasteiger partial charge in [-0.15, -0.1) is 0 Å². The van der Waals surface area contributed by atoms with Gasteiger partial charge in [-0.1, -0.05) is 6.42 Å². The first-order valence-corrected chi connectivity index (χ1v) is 6.21. The van der Waals surface area contributed by atoms with Crippen LogP contribution in [0.2, 0.25) is 0 Å². The van der Waals surface area contributed by atoms with Crippen molar-refractivity contribution in [3.63, 3.8) is 0 Å². The first-order chi connectivity index (χ1) is 8.24. The van der Waals surface area contributed by atoms with E-state index in [-0.39, 0.29) is 0 Å². The van der Waals surface area contributed by atoms with Crippen molar-refractivity contribution >= 4 is 5.69 Å². The zero-order valence-electron chi connectivity index (χ0n) is 10.9. The number of rotatable bonds is 5. The van der Waals surface area contributed by atoms with Gasteiger partial charge in [-0.25, -0.2) is 0 Å². The fourth-order valence-electron chi connectivity index (χ4n) is 2.12. The third-order valence-electron chi connectivity index (χ3n) is 3.54. The molecule has 0 amide bonds. The van der Waals surface area contributed by atoms with Crippen LogP contribution in [0.3, 0.4) is 0 Å². The molecule has 0 bridgehead atoms. The van der Waals surface area contributed by atoms with Crippen molar-refractivity contribution in [3.05, 3.63) is 17.7 Å².